The van der Waals surface area contributed by atoms with Gasteiger partial charge in [-0.1, -0.05) is 15.9 Å². The van der Waals surface area contributed by atoms with Gasteiger partial charge in [-0.15, -0.1) is 0 Å². The Morgan fingerprint density at radius 3 is 2.65 bits per heavy atom. The highest BCUT2D eigenvalue weighted by molar-refractivity contribution is 9.10. The van der Waals surface area contributed by atoms with Crippen molar-refractivity contribution in [3.8, 4) is 5.75 Å². The second-order valence-corrected chi connectivity index (χ2v) is 6.51. The molecular formula is C15H22BrNO3. The molecule has 1 rings (SSSR count). The first-order valence-electron chi connectivity index (χ1n) is 6.51. The van der Waals surface area contributed by atoms with Crippen LogP contribution >= 0.6 is 15.9 Å². The van der Waals surface area contributed by atoms with E-state index in [0.717, 1.165) is 15.8 Å². The summed E-state index contributed by atoms with van der Waals surface area (Å²) in [5.41, 5.74) is 6.19. The van der Waals surface area contributed by atoms with Crippen LogP contribution in [0.1, 0.15) is 26.3 Å². The van der Waals surface area contributed by atoms with Gasteiger partial charge < -0.3 is 15.2 Å². The maximum atomic E-state index is 11.6. The second-order valence-electron chi connectivity index (χ2n) is 5.60. The Morgan fingerprint density at radius 2 is 2.10 bits per heavy atom. The Balaban J connectivity index is 2.84. The van der Waals surface area contributed by atoms with Crippen molar-refractivity contribution in [1.82, 2.24) is 0 Å². The normalized spacial score (nSPS) is 12.9. The van der Waals surface area contributed by atoms with E-state index in [0.29, 0.717) is 6.42 Å². The third kappa shape index (κ3) is 4.80. The summed E-state index contributed by atoms with van der Waals surface area (Å²) in [6, 6.07) is 5.82. The van der Waals surface area contributed by atoms with Gasteiger partial charge in [-0.05, 0) is 51.0 Å². The number of carbonyl (C=O) groups excluding carboxylic acids is 1. The van der Waals surface area contributed by atoms with Gasteiger partial charge in [0, 0.05) is 10.5 Å². The van der Waals surface area contributed by atoms with E-state index in [1.165, 1.54) is 7.11 Å². The lowest BCUT2D eigenvalue weighted by atomic mass is 9.95. The van der Waals surface area contributed by atoms with Crippen molar-refractivity contribution in [2.24, 2.45) is 11.1 Å². The minimum Gasteiger partial charge on any atom is -0.492 e. The molecule has 5 heteroatoms. The number of hydrogen-bond donors (Lipinski definition) is 1. The third-order valence-electron chi connectivity index (χ3n) is 2.89. The first kappa shape index (κ1) is 17.0. The fourth-order valence-electron chi connectivity index (χ4n) is 1.79. The number of esters is 1. The molecule has 1 aromatic carbocycles. The van der Waals surface area contributed by atoms with Crippen molar-refractivity contribution in [1.29, 1.82) is 0 Å². The molecule has 0 saturated carbocycles. The zero-order valence-electron chi connectivity index (χ0n) is 12.4. The van der Waals surface area contributed by atoms with Crippen LogP contribution in [0.3, 0.4) is 0 Å². The van der Waals surface area contributed by atoms with Gasteiger partial charge in [0.05, 0.1) is 12.5 Å². The third-order valence-corrected chi connectivity index (χ3v) is 3.38. The number of rotatable bonds is 6. The number of nitrogens with two attached hydrogens (primary N) is 1. The van der Waals surface area contributed by atoms with Crippen molar-refractivity contribution in [3.63, 3.8) is 0 Å². The molecule has 2 N–H and O–H groups in total. The summed E-state index contributed by atoms with van der Waals surface area (Å²) in [5.74, 6) is 0.464. The molecular weight excluding hydrogens is 322 g/mol. The Bertz CT molecular complexity index is 472. The smallest absolute Gasteiger partial charge is 0.314 e. The van der Waals surface area contributed by atoms with Gasteiger partial charge in [0.15, 0.2) is 0 Å². The van der Waals surface area contributed by atoms with E-state index in [1.54, 1.807) is 13.8 Å². The van der Waals surface area contributed by atoms with Crippen LogP contribution in [-0.2, 0) is 16.0 Å². The minimum absolute atomic E-state index is 0.0419. The second kappa shape index (κ2) is 7.09. The van der Waals surface area contributed by atoms with Crippen LogP contribution in [0.25, 0.3) is 0 Å². The fourth-order valence-corrected chi connectivity index (χ4v) is 2.20. The van der Waals surface area contributed by atoms with Gasteiger partial charge in [0.25, 0.3) is 0 Å². The summed E-state index contributed by atoms with van der Waals surface area (Å²) in [4.78, 5) is 11.6. The predicted molar refractivity (Wildman–Crippen MR) is 82.8 cm³/mol. The molecule has 0 aromatic heterocycles. The summed E-state index contributed by atoms with van der Waals surface area (Å²) >= 11 is 3.44. The zero-order chi connectivity index (χ0) is 15.3. The number of halogens is 1. The molecule has 0 bridgehead atoms. The molecule has 0 aliphatic rings. The molecule has 0 aliphatic heterocycles. The van der Waals surface area contributed by atoms with Crippen LogP contribution in [0, 0.1) is 5.41 Å². The lowest BCUT2D eigenvalue weighted by Gasteiger charge is -2.23. The summed E-state index contributed by atoms with van der Waals surface area (Å²) < 4.78 is 11.6. The summed E-state index contributed by atoms with van der Waals surface area (Å²) in [7, 11) is 1.38. The highest BCUT2D eigenvalue weighted by Crippen LogP contribution is 2.27. The molecule has 0 saturated heterocycles. The molecule has 1 unspecified atom stereocenters. The van der Waals surface area contributed by atoms with Gasteiger partial charge >= 0.3 is 5.97 Å². The molecule has 0 heterocycles. The first-order valence-corrected chi connectivity index (χ1v) is 7.31. The van der Waals surface area contributed by atoms with Crippen LogP contribution in [-0.4, -0.2) is 25.7 Å². The van der Waals surface area contributed by atoms with Crippen molar-refractivity contribution in [2.75, 3.05) is 13.7 Å². The average molecular weight is 344 g/mol. The number of ether oxygens (including phenoxy) is 2. The van der Waals surface area contributed by atoms with E-state index >= 15 is 0 Å². The molecule has 1 aromatic rings. The number of methoxy groups -OCH3 is 1. The van der Waals surface area contributed by atoms with Crippen LogP contribution in [0.5, 0.6) is 5.75 Å². The zero-order valence-corrected chi connectivity index (χ0v) is 14.0. The Labute approximate surface area is 128 Å². The topological polar surface area (TPSA) is 61.5 Å². The van der Waals surface area contributed by atoms with Gasteiger partial charge in [0.1, 0.15) is 12.4 Å². The summed E-state index contributed by atoms with van der Waals surface area (Å²) in [6.07, 6.45) is 0.716. The van der Waals surface area contributed by atoms with E-state index in [1.807, 2.05) is 25.1 Å². The standard InChI is InChI=1S/C15H22BrNO3/c1-10(17)7-11-8-12(16)5-6-13(11)20-9-15(2,3)14(18)19-4/h5-6,8,10H,7,9,17H2,1-4H3. The van der Waals surface area contributed by atoms with Gasteiger partial charge in [0.2, 0.25) is 0 Å². The van der Waals surface area contributed by atoms with Gasteiger partial charge in [-0.2, -0.15) is 0 Å². The Hall–Kier alpha value is -1.07. The van der Waals surface area contributed by atoms with Crippen LogP contribution in [0.2, 0.25) is 0 Å². The van der Waals surface area contributed by atoms with E-state index in [9.17, 15) is 4.79 Å². The molecule has 4 nitrogen and oxygen atoms in total. The molecule has 0 amide bonds. The molecule has 0 fully saturated rings. The van der Waals surface area contributed by atoms with Crippen molar-refractivity contribution < 1.29 is 14.3 Å². The van der Waals surface area contributed by atoms with Crippen LogP contribution < -0.4 is 10.5 Å². The van der Waals surface area contributed by atoms with Crippen LogP contribution in [0.4, 0.5) is 0 Å². The maximum Gasteiger partial charge on any atom is 0.314 e. The molecule has 112 valence electrons. The highest BCUT2D eigenvalue weighted by Gasteiger charge is 2.30. The Morgan fingerprint density at radius 1 is 1.45 bits per heavy atom. The lowest BCUT2D eigenvalue weighted by Crippen LogP contribution is -2.32. The molecule has 0 radical (unpaired) electrons. The molecule has 20 heavy (non-hydrogen) atoms. The summed E-state index contributed by atoms with van der Waals surface area (Å²) in [6.45, 7) is 5.79. The summed E-state index contributed by atoms with van der Waals surface area (Å²) in [5, 5.41) is 0. The fraction of sp³-hybridized carbons (Fsp3) is 0.533. The lowest BCUT2D eigenvalue weighted by molar-refractivity contribution is -0.152. The van der Waals surface area contributed by atoms with Gasteiger partial charge in [-0.3, -0.25) is 4.79 Å². The van der Waals surface area contributed by atoms with E-state index < -0.39 is 5.41 Å². The van der Waals surface area contributed by atoms with Crippen molar-refractivity contribution >= 4 is 21.9 Å². The van der Waals surface area contributed by atoms with Crippen LogP contribution in [0.15, 0.2) is 22.7 Å². The molecule has 0 spiro atoms. The van der Waals surface area contributed by atoms with Crippen molar-refractivity contribution in [2.45, 2.75) is 33.2 Å². The predicted octanol–water partition coefficient (Wildman–Crippen LogP) is 2.92. The first-order chi connectivity index (χ1) is 9.26. The molecule has 0 aliphatic carbocycles. The van der Waals surface area contributed by atoms with Gasteiger partial charge in [-0.25, -0.2) is 0 Å². The molecule has 1 atom stereocenters. The number of benzene rings is 1. The largest absolute Gasteiger partial charge is 0.492 e. The monoisotopic (exact) mass is 343 g/mol. The van der Waals surface area contributed by atoms with Crippen molar-refractivity contribution in [3.05, 3.63) is 28.2 Å². The highest BCUT2D eigenvalue weighted by atomic mass is 79.9. The average Bonchev–Trinajstić information content (AvgIpc) is 2.36. The minimum atomic E-state index is -0.687. The number of carbonyl (C=O) groups is 1. The quantitative estimate of drug-likeness (QED) is 0.806. The number of hydrogen-bond acceptors (Lipinski definition) is 4. The maximum absolute atomic E-state index is 11.6. The van der Waals surface area contributed by atoms with E-state index in [2.05, 4.69) is 15.9 Å². The SMILES string of the molecule is COC(=O)C(C)(C)COc1ccc(Br)cc1CC(C)N. The van der Waals surface area contributed by atoms with E-state index in [-0.39, 0.29) is 18.6 Å². The van der Waals surface area contributed by atoms with E-state index in [4.69, 9.17) is 15.2 Å². The Kier molecular flexibility index (Phi) is 6.02.